The molecule has 1 aromatic carbocycles. The van der Waals surface area contributed by atoms with Crippen LogP contribution in [-0.2, 0) is 6.54 Å². The van der Waals surface area contributed by atoms with Crippen molar-refractivity contribution in [2.75, 3.05) is 0 Å². The lowest BCUT2D eigenvalue weighted by atomic mass is 10.2. The van der Waals surface area contributed by atoms with Crippen LogP contribution in [0.5, 0.6) is 0 Å². The Labute approximate surface area is 83.1 Å². The molecule has 0 aliphatic rings. The second kappa shape index (κ2) is 3.88. The van der Waals surface area contributed by atoms with Gasteiger partial charge >= 0.3 is 0 Å². The van der Waals surface area contributed by atoms with Crippen LogP contribution in [0.1, 0.15) is 5.56 Å². The van der Waals surface area contributed by atoms with Gasteiger partial charge in [-0.05, 0) is 28.1 Å². The van der Waals surface area contributed by atoms with E-state index in [4.69, 9.17) is 18.2 Å². The van der Waals surface area contributed by atoms with E-state index in [0.29, 0.717) is 15.1 Å². The summed E-state index contributed by atoms with van der Waals surface area (Å²) in [4.78, 5) is 3.12. The highest BCUT2D eigenvalue weighted by molar-refractivity contribution is 9.10. The Hall–Kier alpha value is -0.590. The summed E-state index contributed by atoms with van der Waals surface area (Å²) in [6.45, 7) is 6.71. The van der Waals surface area contributed by atoms with Gasteiger partial charge in [0.1, 0.15) is 5.82 Å². The number of hydrogen-bond donors (Lipinski definition) is 0. The van der Waals surface area contributed by atoms with Crippen LogP contribution in [0, 0.1) is 12.4 Å². The molecule has 1 nitrogen and oxygen atoms in total. The zero-order valence-electron chi connectivity index (χ0n) is 5.94. The molecule has 0 radical (unpaired) electrons. The van der Waals surface area contributed by atoms with Crippen molar-refractivity contribution in [2.45, 2.75) is 6.54 Å². The smallest absolute Gasteiger partial charge is 0.241 e. The third-order valence-corrected chi connectivity index (χ3v) is 2.30. The fourth-order valence-electron chi connectivity index (χ4n) is 0.770. The van der Waals surface area contributed by atoms with Crippen molar-refractivity contribution >= 4 is 27.5 Å². The molecule has 12 heavy (non-hydrogen) atoms. The molecular weight excluding hydrogens is 244 g/mol. The molecule has 0 aliphatic carbocycles. The maximum atomic E-state index is 12.9. The van der Waals surface area contributed by atoms with E-state index in [1.807, 2.05) is 0 Å². The Morgan fingerprint density at radius 1 is 1.58 bits per heavy atom. The van der Waals surface area contributed by atoms with Crippen LogP contribution in [0.4, 0.5) is 4.39 Å². The standard InChI is InChI=1S/C8H4BrClFN/c1-12-4-5-2-8(11)6(9)3-7(5)10/h2-3H,4H2. The van der Waals surface area contributed by atoms with E-state index in [9.17, 15) is 4.39 Å². The van der Waals surface area contributed by atoms with Gasteiger partial charge in [0.05, 0.1) is 15.1 Å². The molecule has 0 aromatic heterocycles. The van der Waals surface area contributed by atoms with Gasteiger partial charge in [0.25, 0.3) is 0 Å². The van der Waals surface area contributed by atoms with Gasteiger partial charge in [-0.1, -0.05) is 11.6 Å². The molecule has 1 aromatic rings. The van der Waals surface area contributed by atoms with Gasteiger partial charge in [-0.2, -0.15) is 0 Å². The highest BCUT2D eigenvalue weighted by Gasteiger charge is 2.07. The zero-order chi connectivity index (χ0) is 9.14. The van der Waals surface area contributed by atoms with Crippen molar-refractivity contribution in [2.24, 2.45) is 0 Å². The minimum Gasteiger partial charge on any atom is -0.312 e. The predicted octanol–water partition coefficient (Wildman–Crippen LogP) is 3.66. The summed E-state index contributed by atoms with van der Waals surface area (Å²) in [7, 11) is 0. The fourth-order valence-corrected chi connectivity index (χ4v) is 1.47. The van der Waals surface area contributed by atoms with Crippen LogP contribution in [-0.4, -0.2) is 0 Å². The highest BCUT2D eigenvalue weighted by atomic mass is 79.9. The first kappa shape index (κ1) is 9.50. The number of halogens is 3. The van der Waals surface area contributed by atoms with Gasteiger partial charge in [0.2, 0.25) is 6.54 Å². The number of benzene rings is 1. The molecule has 0 bridgehead atoms. The maximum Gasteiger partial charge on any atom is 0.241 e. The molecule has 0 aliphatic heterocycles. The fraction of sp³-hybridized carbons (Fsp3) is 0.125. The first-order valence-corrected chi connectivity index (χ1v) is 4.29. The second-order valence-electron chi connectivity index (χ2n) is 2.17. The maximum absolute atomic E-state index is 12.9. The Kier molecular flexibility index (Phi) is 3.07. The van der Waals surface area contributed by atoms with Gasteiger partial charge in [0.15, 0.2) is 0 Å². The quantitative estimate of drug-likeness (QED) is 0.528. The van der Waals surface area contributed by atoms with E-state index in [1.54, 1.807) is 0 Å². The van der Waals surface area contributed by atoms with Crippen molar-refractivity contribution in [3.63, 3.8) is 0 Å². The van der Waals surface area contributed by atoms with Crippen molar-refractivity contribution in [1.82, 2.24) is 0 Å². The molecular formula is C8H4BrClFN. The normalized spacial score (nSPS) is 9.50. The largest absolute Gasteiger partial charge is 0.312 e. The van der Waals surface area contributed by atoms with Crippen LogP contribution in [0.3, 0.4) is 0 Å². The van der Waals surface area contributed by atoms with E-state index >= 15 is 0 Å². The van der Waals surface area contributed by atoms with Gasteiger partial charge in [-0.25, -0.2) is 11.0 Å². The van der Waals surface area contributed by atoms with Crippen LogP contribution >= 0.6 is 27.5 Å². The molecule has 0 saturated heterocycles. The summed E-state index contributed by atoms with van der Waals surface area (Å²) in [5.41, 5.74) is 0.521. The summed E-state index contributed by atoms with van der Waals surface area (Å²) in [5, 5.41) is 0.416. The lowest BCUT2D eigenvalue weighted by Crippen LogP contribution is -1.85. The average molecular weight is 248 g/mol. The molecule has 0 spiro atoms. The van der Waals surface area contributed by atoms with Crippen LogP contribution in [0.2, 0.25) is 5.02 Å². The number of hydrogen-bond acceptors (Lipinski definition) is 0. The van der Waals surface area contributed by atoms with E-state index in [-0.39, 0.29) is 6.54 Å². The third kappa shape index (κ3) is 1.96. The molecule has 0 heterocycles. The molecule has 0 unspecified atom stereocenters. The summed E-state index contributed by atoms with van der Waals surface area (Å²) < 4.78 is 13.2. The molecule has 4 heteroatoms. The minimum atomic E-state index is -0.391. The topological polar surface area (TPSA) is 4.36 Å². The van der Waals surface area contributed by atoms with Crippen molar-refractivity contribution in [3.8, 4) is 0 Å². The SMILES string of the molecule is [C-]#[N+]Cc1cc(F)c(Br)cc1Cl. The molecule has 62 valence electrons. The lowest BCUT2D eigenvalue weighted by molar-refractivity contribution is 0.619. The summed E-state index contributed by atoms with van der Waals surface area (Å²) in [5.74, 6) is -0.391. The Morgan fingerprint density at radius 2 is 2.25 bits per heavy atom. The van der Waals surface area contributed by atoms with Gasteiger partial charge < -0.3 is 4.85 Å². The summed E-state index contributed by atoms with van der Waals surface area (Å²) in [6, 6.07) is 2.72. The molecule has 0 saturated carbocycles. The average Bonchev–Trinajstić information content (AvgIpc) is 2.01. The van der Waals surface area contributed by atoms with E-state index in [2.05, 4.69) is 20.8 Å². The van der Waals surface area contributed by atoms with Crippen molar-refractivity contribution in [1.29, 1.82) is 0 Å². The molecule has 0 atom stereocenters. The molecule has 0 fully saturated rings. The predicted molar refractivity (Wildman–Crippen MR) is 49.4 cm³/mol. The Bertz CT molecular complexity index is 346. The minimum absolute atomic E-state index is 0.114. The third-order valence-electron chi connectivity index (χ3n) is 1.34. The lowest BCUT2D eigenvalue weighted by Gasteiger charge is -1.98. The van der Waals surface area contributed by atoms with Crippen molar-refractivity contribution in [3.05, 3.63) is 44.4 Å². The molecule has 0 amide bonds. The Morgan fingerprint density at radius 3 is 2.83 bits per heavy atom. The number of nitrogens with zero attached hydrogens (tertiary/aromatic N) is 1. The zero-order valence-corrected chi connectivity index (χ0v) is 8.28. The second-order valence-corrected chi connectivity index (χ2v) is 3.44. The Balaban J connectivity index is 3.16. The molecule has 1 rings (SSSR count). The van der Waals surface area contributed by atoms with Crippen LogP contribution < -0.4 is 0 Å². The first-order valence-electron chi connectivity index (χ1n) is 3.12. The van der Waals surface area contributed by atoms with Gasteiger partial charge in [-0.15, -0.1) is 0 Å². The number of rotatable bonds is 1. The highest BCUT2D eigenvalue weighted by Crippen LogP contribution is 2.25. The van der Waals surface area contributed by atoms with E-state index < -0.39 is 5.82 Å². The van der Waals surface area contributed by atoms with Crippen molar-refractivity contribution < 1.29 is 4.39 Å². The summed E-state index contributed by atoms with van der Waals surface area (Å²) in [6.07, 6.45) is 0. The van der Waals surface area contributed by atoms with Crippen LogP contribution in [0.25, 0.3) is 4.85 Å². The first-order chi connectivity index (χ1) is 5.65. The van der Waals surface area contributed by atoms with Crippen LogP contribution in [0.15, 0.2) is 16.6 Å². The monoisotopic (exact) mass is 247 g/mol. The van der Waals surface area contributed by atoms with Gasteiger partial charge in [-0.3, -0.25) is 0 Å². The van der Waals surface area contributed by atoms with E-state index in [0.717, 1.165) is 0 Å². The van der Waals surface area contributed by atoms with Gasteiger partial charge in [0, 0.05) is 0 Å². The summed E-state index contributed by atoms with van der Waals surface area (Å²) >= 11 is 8.73. The van der Waals surface area contributed by atoms with E-state index in [1.165, 1.54) is 12.1 Å². The molecule has 0 N–H and O–H groups in total.